The molecule has 4 nitrogen and oxygen atoms in total. The predicted molar refractivity (Wildman–Crippen MR) is 74.0 cm³/mol. The summed E-state index contributed by atoms with van der Waals surface area (Å²) in [5.74, 6) is 0.569. The van der Waals surface area contributed by atoms with Crippen LogP contribution in [0.5, 0.6) is 5.75 Å². The molecule has 0 saturated heterocycles. The molecule has 1 aromatic carbocycles. The smallest absolute Gasteiger partial charge is 0.165 e. The van der Waals surface area contributed by atoms with E-state index in [1.807, 2.05) is 24.1 Å². The molecule has 20 heavy (non-hydrogen) atoms. The fourth-order valence-electron chi connectivity index (χ4n) is 1.84. The SMILES string of the molecule is COc1ccc(CN(C)c2ccc(C#N)cn2)cc1F. The number of benzene rings is 1. The van der Waals surface area contributed by atoms with E-state index < -0.39 is 0 Å². The lowest BCUT2D eigenvalue weighted by Crippen LogP contribution is -2.17. The zero-order valence-electron chi connectivity index (χ0n) is 11.3. The average molecular weight is 271 g/mol. The molecular weight excluding hydrogens is 257 g/mol. The first-order valence-electron chi connectivity index (χ1n) is 6.03. The lowest BCUT2D eigenvalue weighted by atomic mass is 10.2. The summed E-state index contributed by atoms with van der Waals surface area (Å²) in [7, 11) is 3.29. The molecule has 0 fully saturated rings. The molecule has 2 rings (SSSR count). The second-order valence-electron chi connectivity index (χ2n) is 4.34. The number of halogens is 1. The van der Waals surface area contributed by atoms with Gasteiger partial charge in [0.1, 0.15) is 11.9 Å². The van der Waals surface area contributed by atoms with Crippen LogP contribution in [0.1, 0.15) is 11.1 Å². The summed E-state index contributed by atoms with van der Waals surface area (Å²) in [5.41, 5.74) is 1.33. The zero-order chi connectivity index (χ0) is 14.5. The maximum atomic E-state index is 13.6. The molecule has 0 saturated carbocycles. The van der Waals surface area contributed by atoms with E-state index >= 15 is 0 Å². The Hall–Kier alpha value is -2.61. The fourth-order valence-corrected chi connectivity index (χ4v) is 1.84. The van der Waals surface area contributed by atoms with Crippen molar-refractivity contribution in [3.63, 3.8) is 0 Å². The Morgan fingerprint density at radius 1 is 1.35 bits per heavy atom. The fraction of sp³-hybridized carbons (Fsp3) is 0.200. The Morgan fingerprint density at radius 3 is 2.70 bits per heavy atom. The summed E-state index contributed by atoms with van der Waals surface area (Å²) < 4.78 is 18.5. The van der Waals surface area contributed by atoms with Crippen molar-refractivity contribution in [2.45, 2.75) is 6.54 Å². The second kappa shape index (κ2) is 6.02. The second-order valence-corrected chi connectivity index (χ2v) is 4.34. The van der Waals surface area contributed by atoms with Gasteiger partial charge in [-0.25, -0.2) is 9.37 Å². The van der Waals surface area contributed by atoms with Gasteiger partial charge < -0.3 is 9.64 Å². The third-order valence-electron chi connectivity index (χ3n) is 2.90. The van der Waals surface area contributed by atoms with E-state index in [2.05, 4.69) is 4.98 Å². The zero-order valence-corrected chi connectivity index (χ0v) is 11.3. The van der Waals surface area contributed by atoms with Gasteiger partial charge in [0, 0.05) is 19.8 Å². The van der Waals surface area contributed by atoms with Crippen LogP contribution in [0.15, 0.2) is 36.5 Å². The van der Waals surface area contributed by atoms with Crippen LogP contribution in [0.25, 0.3) is 0 Å². The Kier molecular flexibility index (Phi) is 4.16. The van der Waals surface area contributed by atoms with Gasteiger partial charge in [0.15, 0.2) is 11.6 Å². The van der Waals surface area contributed by atoms with Gasteiger partial charge in [-0.15, -0.1) is 0 Å². The molecular formula is C15H14FN3O. The van der Waals surface area contributed by atoms with E-state index in [0.29, 0.717) is 12.1 Å². The van der Waals surface area contributed by atoms with Crippen LogP contribution < -0.4 is 9.64 Å². The lowest BCUT2D eigenvalue weighted by Gasteiger charge is -2.18. The van der Waals surface area contributed by atoms with Gasteiger partial charge >= 0.3 is 0 Å². The maximum absolute atomic E-state index is 13.6. The molecule has 0 aliphatic rings. The number of aromatic nitrogens is 1. The van der Waals surface area contributed by atoms with Crippen LogP contribution in [0.2, 0.25) is 0 Å². The van der Waals surface area contributed by atoms with Gasteiger partial charge in [0.25, 0.3) is 0 Å². The molecule has 1 aromatic heterocycles. The van der Waals surface area contributed by atoms with Crippen molar-refractivity contribution >= 4 is 5.82 Å². The third-order valence-corrected chi connectivity index (χ3v) is 2.90. The van der Waals surface area contributed by atoms with Gasteiger partial charge in [0.05, 0.1) is 12.7 Å². The number of hydrogen-bond acceptors (Lipinski definition) is 4. The quantitative estimate of drug-likeness (QED) is 0.858. The highest BCUT2D eigenvalue weighted by atomic mass is 19.1. The third kappa shape index (κ3) is 3.04. The number of anilines is 1. The van der Waals surface area contributed by atoms with Crippen molar-refractivity contribution in [1.82, 2.24) is 4.98 Å². The van der Waals surface area contributed by atoms with E-state index in [9.17, 15) is 4.39 Å². The molecule has 0 atom stereocenters. The molecule has 0 unspecified atom stereocenters. The molecule has 102 valence electrons. The number of hydrogen-bond donors (Lipinski definition) is 0. The van der Waals surface area contributed by atoms with E-state index in [-0.39, 0.29) is 11.6 Å². The molecule has 1 heterocycles. The van der Waals surface area contributed by atoms with Crippen molar-refractivity contribution in [3.8, 4) is 11.8 Å². The average Bonchev–Trinajstić information content (AvgIpc) is 2.47. The summed E-state index contributed by atoms with van der Waals surface area (Å²) in [6.07, 6.45) is 1.51. The van der Waals surface area contributed by atoms with E-state index in [0.717, 1.165) is 11.4 Å². The molecule has 0 spiro atoms. The van der Waals surface area contributed by atoms with Crippen molar-refractivity contribution in [3.05, 3.63) is 53.5 Å². The number of ether oxygens (including phenoxy) is 1. The van der Waals surface area contributed by atoms with Crippen LogP contribution >= 0.6 is 0 Å². The molecule has 0 amide bonds. The summed E-state index contributed by atoms with van der Waals surface area (Å²) in [6.45, 7) is 0.514. The van der Waals surface area contributed by atoms with Gasteiger partial charge in [-0.1, -0.05) is 6.07 Å². The number of pyridine rings is 1. The van der Waals surface area contributed by atoms with E-state index in [1.54, 1.807) is 18.2 Å². The van der Waals surface area contributed by atoms with Crippen molar-refractivity contribution in [1.29, 1.82) is 5.26 Å². The van der Waals surface area contributed by atoms with Crippen LogP contribution in [0.3, 0.4) is 0 Å². The molecule has 0 N–H and O–H groups in total. The van der Waals surface area contributed by atoms with Gasteiger partial charge in [-0.05, 0) is 29.8 Å². The van der Waals surface area contributed by atoms with Crippen LogP contribution in [-0.4, -0.2) is 19.1 Å². The lowest BCUT2D eigenvalue weighted by molar-refractivity contribution is 0.386. The first kappa shape index (κ1) is 13.8. The number of nitriles is 1. The van der Waals surface area contributed by atoms with Crippen molar-refractivity contribution in [2.24, 2.45) is 0 Å². The maximum Gasteiger partial charge on any atom is 0.165 e. The van der Waals surface area contributed by atoms with Crippen LogP contribution in [0, 0.1) is 17.1 Å². The number of methoxy groups -OCH3 is 1. The Balaban J connectivity index is 2.12. The summed E-state index contributed by atoms with van der Waals surface area (Å²) in [6, 6.07) is 10.3. The predicted octanol–water partition coefficient (Wildman–Crippen LogP) is 2.74. The molecule has 5 heteroatoms. The first-order chi connectivity index (χ1) is 9.63. The minimum atomic E-state index is -0.383. The van der Waals surface area contributed by atoms with E-state index in [4.69, 9.17) is 10.00 Å². The highest BCUT2D eigenvalue weighted by Gasteiger charge is 2.07. The normalized spacial score (nSPS) is 9.90. The highest BCUT2D eigenvalue weighted by molar-refractivity contribution is 5.42. The minimum absolute atomic E-state index is 0.230. The summed E-state index contributed by atoms with van der Waals surface area (Å²) in [5, 5.41) is 8.73. The summed E-state index contributed by atoms with van der Waals surface area (Å²) >= 11 is 0. The number of rotatable bonds is 4. The first-order valence-corrected chi connectivity index (χ1v) is 6.03. The number of nitrogens with zero attached hydrogens (tertiary/aromatic N) is 3. The summed E-state index contributed by atoms with van der Waals surface area (Å²) in [4.78, 5) is 6.06. The van der Waals surface area contributed by atoms with Crippen molar-refractivity contribution in [2.75, 3.05) is 19.1 Å². The Morgan fingerprint density at radius 2 is 2.15 bits per heavy atom. The standard InChI is InChI=1S/C15H14FN3O/c1-19(15-6-4-12(8-17)9-18-15)10-11-3-5-14(20-2)13(16)7-11/h3-7,9H,10H2,1-2H3. The van der Waals surface area contributed by atoms with E-state index in [1.165, 1.54) is 19.4 Å². The van der Waals surface area contributed by atoms with Gasteiger partial charge in [-0.3, -0.25) is 0 Å². The molecule has 0 bridgehead atoms. The van der Waals surface area contributed by atoms with Gasteiger partial charge in [0.2, 0.25) is 0 Å². The monoisotopic (exact) mass is 271 g/mol. The highest BCUT2D eigenvalue weighted by Crippen LogP contribution is 2.19. The molecule has 2 aromatic rings. The Bertz CT molecular complexity index is 635. The van der Waals surface area contributed by atoms with Crippen LogP contribution in [0.4, 0.5) is 10.2 Å². The molecule has 0 radical (unpaired) electrons. The van der Waals surface area contributed by atoms with Gasteiger partial charge in [-0.2, -0.15) is 5.26 Å². The van der Waals surface area contributed by atoms with Crippen LogP contribution in [-0.2, 0) is 6.54 Å². The van der Waals surface area contributed by atoms with Crippen molar-refractivity contribution < 1.29 is 9.13 Å². The minimum Gasteiger partial charge on any atom is -0.494 e. The molecule has 0 aliphatic heterocycles. The topological polar surface area (TPSA) is 49.1 Å². The molecule has 0 aliphatic carbocycles. The largest absolute Gasteiger partial charge is 0.494 e. The Labute approximate surface area is 117 Å².